The lowest BCUT2D eigenvalue weighted by molar-refractivity contribution is 0.00306. The Balaban J connectivity index is 2.05. The van der Waals surface area contributed by atoms with Crippen LogP contribution in [0.15, 0.2) is 18.2 Å². The molecular weight excluding hydrogens is 220 g/mol. The first kappa shape index (κ1) is 11.9. The summed E-state index contributed by atoms with van der Waals surface area (Å²) in [6.45, 7) is 6.04. The fourth-order valence-electron chi connectivity index (χ4n) is 1.44. The highest BCUT2D eigenvalue weighted by molar-refractivity contribution is 5.97. The Hall–Kier alpha value is -1.55. The molecule has 0 aromatic heterocycles. The lowest BCUT2D eigenvalue weighted by Crippen LogP contribution is -2.23. The quantitative estimate of drug-likeness (QED) is 0.756. The second-order valence-corrected chi connectivity index (χ2v) is 4.89. The third kappa shape index (κ3) is 2.97. The Bertz CT molecular complexity index is 432. The van der Waals surface area contributed by atoms with Crippen molar-refractivity contribution < 1.29 is 19.0 Å². The van der Waals surface area contributed by atoms with Crippen molar-refractivity contribution in [2.45, 2.75) is 26.4 Å². The van der Waals surface area contributed by atoms with E-state index in [-0.39, 0.29) is 24.8 Å². The van der Waals surface area contributed by atoms with Crippen LogP contribution in [0.3, 0.4) is 0 Å². The highest BCUT2D eigenvalue weighted by Crippen LogP contribution is 2.32. The molecule has 4 heteroatoms. The first-order valence-electron chi connectivity index (χ1n) is 5.52. The molecule has 0 N–H and O–H groups in total. The van der Waals surface area contributed by atoms with Crippen molar-refractivity contribution in [3.05, 3.63) is 23.8 Å². The lowest BCUT2D eigenvalue weighted by atomic mass is 10.1. The number of Topliss-reactive ketones (excluding diaryl/α,β-unsaturated/α-hetero) is 1. The van der Waals surface area contributed by atoms with Gasteiger partial charge in [0.1, 0.15) is 6.61 Å². The van der Waals surface area contributed by atoms with E-state index in [1.54, 1.807) is 18.2 Å². The molecule has 0 saturated carbocycles. The fraction of sp³-hybridized carbons (Fsp3) is 0.462. The van der Waals surface area contributed by atoms with Crippen LogP contribution in [0.5, 0.6) is 11.5 Å². The van der Waals surface area contributed by atoms with Crippen molar-refractivity contribution in [1.82, 2.24) is 0 Å². The van der Waals surface area contributed by atoms with Crippen molar-refractivity contribution in [3.8, 4) is 11.5 Å². The summed E-state index contributed by atoms with van der Waals surface area (Å²) in [5.41, 5.74) is 0.268. The van der Waals surface area contributed by atoms with Gasteiger partial charge in [-0.2, -0.15) is 0 Å². The van der Waals surface area contributed by atoms with Gasteiger partial charge in [-0.05, 0) is 39.0 Å². The van der Waals surface area contributed by atoms with Gasteiger partial charge in [-0.15, -0.1) is 0 Å². The molecule has 17 heavy (non-hydrogen) atoms. The predicted molar refractivity (Wildman–Crippen MR) is 62.6 cm³/mol. The molecule has 0 amide bonds. The monoisotopic (exact) mass is 236 g/mol. The highest BCUT2D eigenvalue weighted by Gasteiger charge is 2.18. The molecule has 1 heterocycles. The number of carbonyl (C=O) groups excluding carboxylic acids is 1. The topological polar surface area (TPSA) is 44.8 Å². The van der Waals surface area contributed by atoms with Crippen LogP contribution in [0.25, 0.3) is 0 Å². The van der Waals surface area contributed by atoms with E-state index in [0.29, 0.717) is 17.1 Å². The Labute approximate surface area is 100 Å². The minimum Gasteiger partial charge on any atom is -0.454 e. The average Bonchev–Trinajstić information content (AvgIpc) is 2.71. The van der Waals surface area contributed by atoms with Crippen molar-refractivity contribution in [2.24, 2.45) is 0 Å². The second-order valence-electron chi connectivity index (χ2n) is 4.89. The highest BCUT2D eigenvalue weighted by atomic mass is 16.7. The maximum atomic E-state index is 11.9. The third-order valence-electron chi connectivity index (χ3n) is 2.33. The van der Waals surface area contributed by atoms with E-state index in [1.807, 2.05) is 20.8 Å². The normalized spacial score (nSPS) is 13.8. The van der Waals surface area contributed by atoms with Crippen LogP contribution >= 0.6 is 0 Å². The fourth-order valence-corrected chi connectivity index (χ4v) is 1.44. The van der Waals surface area contributed by atoms with Crippen molar-refractivity contribution in [3.63, 3.8) is 0 Å². The van der Waals surface area contributed by atoms with Crippen LogP contribution in [-0.4, -0.2) is 24.8 Å². The molecule has 0 unspecified atom stereocenters. The molecule has 0 bridgehead atoms. The summed E-state index contributed by atoms with van der Waals surface area (Å²) in [5, 5.41) is 0. The zero-order valence-electron chi connectivity index (χ0n) is 10.3. The Morgan fingerprint density at radius 3 is 2.71 bits per heavy atom. The van der Waals surface area contributed by atoms with Gasteiger partial charge in [0.25, 0.3) is 0 Å². The molecule has 1 aromatic rings. The van der Waals surface area contributed by atoms with Crippen LogP contribution in [0.1, 0.15) is 31.1 Å². The SMILES string of the molecule is CC(C)(C)OCC(=O)c1ccc2c(c1)OCO2. The maximum Gasteiger partial charge on any atom is 0.231 e. The van der Waals surface area contributed by atoms with E-state index in [1.165, 1.54) is 0 Å². The molecule has 92 valence electrons. The Kier molecular flexibility index (Phi) is 3.07. The maximum absolute atomic E-state index is 11.9. The molecule has 1 aliphatic heterocycles. The van der Waals surface area contributed by atoms with Gasteiger partial charge in [-0.1, -0.05) is 0 Å². The molecule has 1 aliphatic rings. The van der Waals surface area contributed by atoms with E-state index in [0.717, 1.165) is 0 Å². The molecule has 0 atom stereocenters. The smallest absolute Gasteiger partial charge is 0.231 e. The first-order chi connectivity index (χ1) is 7.96. The van der Waals surface area contributed by atoms with E-state index < -0.39 is 0 Å². The molecule has 0 radical (unpaired) electrons. The molecule has 2 rings (SSSR count). The standard InChI is InChI=1S/C13H16O4/c1-13(2,3)17-7-10(14)9-4-5-11-12(6-9)16-8-15-11/h4-6H,7-8H2,1-3H3. The van der Waals surface area contributed by atoms with Gasteiger partial charge in [0.2, 0.25) is 6.79 Å². The second kappa shape index (κ2) is 4.37. The number of benzene rings is 1. The minimum atomic E-state index is -0.313. The Morgan fingerprint density at radius 1 is 1.29 bits per heavy atom. The van der Waals surface area contributed by atoms with Gasteiger partial charge < -0.3 is 14.2 Å². The van der Waals surface area contributed by atoms with Crippen molar-refractivity contribution in [1.29, 1.82) is 0 Å². The van der Waals surface area contributed by atoms with Gasteiger partial charge in [-0.25, -0.2) is 0 Å². The molecule has 0 saturated heterocycles. The number of fused-ring (bicyclic) bond motifs is 1. The summed E-state index contributed by atoms with van der Waals surface area (Å²) < 4.78 is 15.8. The van der Waals surface area contributed by atoms with E-state index in [4.69, 9.17) is 14.2 Å². The average molecular weight is 236 g/mol. The van der Waals surface area contributed by atoms with Gasteiger partial charge >= 0.3 is 0 Å². The minimum absolute atomic E-state index is 0.0572. The summed E-state index contributed by atoms with van der Waals surface area (Å²) >= 11 is 0. The van der Waals surface area contributed by atoms with Crippen LogP contribution < -0.4 is 9.47 Å². The molecule has 0 fully saturated rings. The lowest BCUT2D eigenvalue weighted by Gasteiger charge is -2.18. The molecule has 4 nitrogen and oxygen atoms in total. The summed E-state index contributed by atoms with van der Waals surface area (Å²) in [7, 11) is 0. The number of ketones is 1. The first-order valence-corrected chi connectivity index (χ1v) is 5.52. The van der Waals surface area contributed by atoms with Crippen LogP contribution in [0.2, 0.25) is 0 Å². The summed E-state index contributed by atoms with van der Waals surface area (Å²) in [4.78, 5) is 11.9. The summed E-state index contributed by atoms with van der Waals surface area (Å²) in [6.07, 6.45) is 0. The number of carbonyl (C=O) groups is 1. The van der Waals surface area contributed by atoms with E-state index >= 15 is 0 Å². The van der Waals surface area contributed by atoms with Gasteiger partial charge in [0, 0.05) is 5.56 Å². The third-order valence-corrected chi connectivity index (χ3v) is 2.33. The zero-order valence-corrected chi connectivity index (χ0v) is 10.3. The van der Waals surface area contributed by atoms with Crippen LogP contribution in [-0.2, 0) is 4.74 Å². The molecule has 1 aromatic carbocycles. The zero-order chi connectivity index (χ0) is 12.5. The molecule has 0 aliphatic carbocycles. The van der Waals surface area contributed by atoms with Crippen molar-refractivity contribution >= 4 is 5.78 Å². The molecular formula is C13H16O4. The largest absolute Gasteiger partial charge is 0.454 e. The molecule has 0 spiro atoms. The van der Waals surface area contributed by atoms with Gasteiger partial charge in [-0.3, -0.25) is 4.79 Å². The number of hydrogen-bond acceptors (Lipinski definition) is 4. The number of ether oxygens (including phenoxy) is 3. The van der Waals surface area contributed by atoms with E-state index in [2.05, 4.69) is 0 Å². The van der Waals surface area contributed by atoms with Crippen molar-refractivity contribution in [2.75, 3.05) is 13.4 Å². The van der Waals surface area contributed by atoms with Crippen LogP contribution in [0, 0.1) is 0 Å². The number of hydrogen-bond donors (Lipinski definition) is 0. The van der Waals surface area contributed by atoms with Gasteiger partial charge in [0.15, 0.2) is 17.3 Å². The van der Waals surface area contributed by atoms with E-state index in [9.17, 15) is 4.79 Å². The van der Waals surface area contributed by atoms with Gasteiger partial charge in [0.05, 0.1) is 5.60 Å². The number of rotatable bonds is 3. The van der Waals surface area contributed by atoms with Crippen LogP contribution in [0.4, 0.5) is 0 Å². The summed E-state index contributed by atoms with van der Waals surface area (Å²) in [6, 6.07) is 5.16. The Morgan fingerprint density at radius 2 is 2.00 bits per heavy atom. The summed E-state index contributed by atoms with van der Waals surface area (Å²) in [5.74, 6) is 1.24. The predicted octanol–water partition coefficient (Wildman–Crippen LogP) is 2.41.